The molecule has 0 aliphatic rings. The van der Waals surface area contributed by atoms with Gasteiger partial charge in [-0.3, -0.25) is 0 Å². The number of thiazole rings is 1. The van der Waals surface area contributed by atoms with Crippen molar-refractivity contribution in [3.05, 3.63) is 64.1 Å². The average molecular weight is 269 g/mol. The Morgan fingerprint density at radius 1 is 1.16 bits per heavy atom. The zero-order chi connectivity index (χ0) is 13.2. The van der Waals surface area contributed by atoms with Crippen molar-refractivity contribution in [3.8, 4) is 0 Å². The minimum absolute atomic E-state index is 0.503. The number of benzene rings is 2. The Bertz CT molecular complexity index is 699. The second-order valence-corrected chi connectivity index (χ2v) is 5.61. The number of aliphatic hydroxyl groups excluding tert-OH is 1. The zero-order valence-electron chi connectivity index (χ0n) is 10.7. The fraction of sp³-hybridized carbons (Fsp3) is 0.188. The maximum Gasteiger partial charge on any atom is 0.0957 e. The highest BCUT2D eigenvalue weighted by Crippen LogP contribution is 2.27. The van der Waals surface area contributed by atoms with Crippen LogP contribution in [0.3, 0.4) is 0 Å². The molecule has 3 aromatic rings. The van der Waals surface area contributed by atoms with E-state index in [1.54, 1.807) is 11.3 Å². The number of aliphatic hydroxyl groups is 1. The van der Waals surface area contributed by atoms with Gasteiger partial charge in [0.1, 0.15) is 0 Å². The van der Waals surface area contributed by atoms with Crippen molar-refractivity contribution < 1.29 is 5.11 Å². The van der Waals surface area contributed by atoms with Crippen molar-refractivity contribution in [2.75, 3.05) is 0 Å². The van der Waals surface area contributed by atoms with Gasteiger partial charge in [0, 0.05) is 17.5 Å². The number of nitrogens with zero attached hydrogens (tertiary/aromatic N) is 1. The first-order valence-electron chi connectivity index (χ1n) is 6.31. The van der Waals surface area contributed by atoms with Crippen LogP contribution in [0.4, 0.5) is 0 Å². The van der Waals surface area contributed by atoms with Gasteiger partial charge in [-0.1, -0.05) is 42.5 Å². The van der Waals surface area contributed by atoms with Crippen LogP contribution >= 0.6 is 11.3 Å². The smallest absolute Gasteiger partial charge is 0.0957 e. The summed E-state index contributed by atoms with van der Waals surface area (Å²) in [5.74, 6) is 0. The van der Waals surface area contributed by atoms with Crippen LogP contribution in [0.1, 0.15) is 22.4 Å². The minimum Gasteiger partial charge on any atom is -0.388 e. The normalized spacial score (nSPS) is 12.7. The third-order valence-corrected chi connectivity index (χ3v) is 4.21. The lowest BCUT2D eigenvalue weighted by molar-refractivity contribution is 0.180. The monoisotopic (exact) mass is 269 g/mol. The maximum absolute atomic E-state index is 10.4. The summed E-state index contributed by atoms with van der Waals surface area (Å²) in [5.41, 5.74) is 2.00. The highest BCUT2D eigenvalue weighted by Gasteiger charge is 2.13. The van der Waals surface area contributed by atoms with Crippen LogP contribution in [0.25, 0.3) is 10.8 Å². The van der Waals surface area contributed by atoms with Gasteiger partial charge in [0.2, 0.25) is 0 Å². The summed E-state index contributed by atoms with van der Waals surface area (Å²) in [6.45, 7) is 1.98. The van der Waals surface area contributed by atoms with E-state index in [1.807, 2.05) is 36.6 Å². The number of aromatic nitrogens is 1. The molecule has 1 atom stereocenters. The SMILES string of the molecule is Cc1csc(CC(O)c2cccc3ccccc23)n1. The summed E-state index contributed by atoms with van der Waals surface area (Å²) in [5, 5.41) is 15.7. The Labute approximate surface area is 116 Å². The van der Waals surface area contributed by atoms with Crippen LogP contribution in [0, 0.1) is 6.92 Å². The molecule has 2 aromatic carbocycles. The molecule has 19 heavy (non-hydrogen) atoms. The van der Waals surface area contributed by atoms with Gasteiger partial charge in [-0.15, -0.1) is 11.3 Å². The van der Waals surface area contributed by atoms with E-state index in [0.717, 1.165) is 27.0 Å². The lowest BCUT2D eigenvalue weighted by atomic mass is 9.99. The van der Waals surface area contributed by atoms with Crippen LogP contribution in [-0.2, 0) is 6.42 Å². The minimum atomic E-state index is -0.503. The van der Waals surface area contributed by atoms with Crippen LogP contribution in [0.5, 0.6) is 0 Å². The Kier molecular flexibility index (Phi) is 3.32. The lowest BCUT2D eigenvalue weighted by Crippen LogP contribution is -2.02. The Morgan fingerprint density at radius 2 is 1.95 bits per heavy atom. The quantitative estimate of drug-likeness (QED) is 0.782. The molecule has 3 rings (SSSR count). The molecule has 0 amide bonds. The van der Waals surface area contributed by atoms with Gasteiger partial charge in [0.15, 0.2) is 0 Å². The summed E-state index contributed by atoms with van der Waals surface area (Å²) in [6.07, 6.45) is 0.0728. The average Bonchev–Trinajstić information content (AvgIpc) is 2.83. The predicted octanol–water partition coefficient (Wildman–Crippen LogP) is 3.88. The molecule has 2 nitrogen and oxygen atoms in total. The highest BCUT2D eigenvalue weighted by molar-refractivity contribution is 7.09. The van der Waals surface area contributed by atoms with Gasteiger partial charge in [0.05, 0.1) is 11.1 Å². The summed E-state index contributed by atoms with van der Waals surface area (Å²) >= 11 is 1.61. The molecule has 1 heterocycles. The van der Waals surface area contributed by atoms with Crippen molar-refractivity contribution >= 4 is 22.1 Å². The van der Waals surface area contributed by atoms with E-state index in [-0.39, 0.29) is 0 Å². The standard InChI is InChI=1S/C16H15NOS/c1-11-10-19-16(17-11)9-15(18)14-8-4-6-12-5-2-3-7-13(12)14/h2-8,10,15,18H,9H2,1H3. The van der Waals surface area contributed by atoms with Crippen molar-refractivity contribution in [2.45, 2.75) is 19.4 Å². The van der Waals surface area contributed by atoms with Crippen LogP contribution in [0.2, 0.25) is 0 Å². The lowest BCUT2D eigenvalue weighted by Gasteiger charge is -2.12. The van der Waals surface area contributed by atoms with Gasteiger partial charge in [0.25, 0.3) is 0 Å². The van der Waals surface area contributed by atoms with E-state index in [4.69, 9.17) is 0 Å². The van der Waals surface area contributed by atoms with E-state index >= 15 is 0 Å². The molecule has 0 aliphatic heterocycles. The van der Waals surface area contributed by atoms with Crippen molar-refractivity contribution in [2.24, 2.45) is 0 Å². The number of hydrogen-bond acceptors (Lipinski definition) is 3. The van der Waals surface area contributed by atoms with Gasteiger partial charge >= 0.3 is 0 Å². The second kappa shape index (κ2) is 5.11. The molecule has 96 valence electrons. The largest absolute Gasteiger partial charge is 0.388 e. The number of hydrogen-bond donors (Lipinski definition) is 1. The van der Waals surface area contributed by atoms with E-state index in [1.165, 1.54) is 0 Å². The number of aryl methyl sites for hydroxylation is 1. The molecular formula is C16H15NOS. The Morgan fingerprint density at radius 3 is 2.74 bits per heavy atom. The van der Waals surface area contributed by atoms with Crippen LogP contribution in [-0.4, -0.2) is 10.1 Å². The van der Waals surface area contributed by atoms with Gasteiger partial charge < -0.3 is 5.11 Å². The van der Waals surface area contributed by atoms with Gasteiger partial charge in [-0.25, -0.2) is 4.98 Å². The molecule has 1 aromatic heterocycles. The number of fused-ring (bicyclic) bond motifs is 1. The van der Waals surface area contributed by atoms with Crippen molar-refractivity contribution in [1.29, 1.82) is 0 Å². The van der Waals surface area contributed by atoms with Crippen molar-refractivity contribution in [1.82, 2.24) is 4.98 Å². The van der Waals surface area contributed by atoms with E-state index in [2.05, 4.69) is 23.2 Å². The Balaban J connectivity index is 1.95. The summed E-state index contributed by atoms with van der Waals surface area (Å²) in [4.78, 5) is 4.41. The first-order chi connectivity index (χ1) is 9.24. The molecule has 0 radical (unpaired) electrons. The third-order valence-electron chi connectivity index (χ3n) is 3.22. The number of rotatable bonds is 3. The fourth-order valence-corrected chi connectivity index (χ4v) is 3.12. The van der Waals surface area contributed by atoms with Crippen molar-refractivity contribution in [3.63, 3.8) is 0 Å². The molecule has 3 heteroatoms. The van der Waals surface area contributed by atoms with Gasteiger partial charge in [-0.05, 0) is 23.3 Å². The summed E-state index contributed by atoms with van der Waals surface area (Å²) < 4.78 is 0. The van der Waals surface area contributed by atoms with Crippen LogP contribution < -0.4 is 0 Å². The predicted molar refractivity (Wildman–Crippen MR) is 79.5 cm³/mol. The zero-order valence-corrected chi connectivity index (χ0v) is 11.5. The molecule has 0 saturated carbocycles. The molecule has 1 N–H and O–H groups in total. The van der Waals surface area contributed by atoms with Gasteiger partial charge in [-0.2, -0.15) is 0 Å². The van der Waals surface area contributed by atoms with Crippen LogP contribution in [0.15, 0.2) is 47.8 Å². The van der Waals surface area contributed by atoms with E-state index in [9.17, 15) is 5.11 Å². The molecule has 1 unspecified atom stereocenters. The highest BCUT2D eigenvalue weighted by atomic mass is 32.1. The summed E-state index contributed by atoms with van der Waals surface area (Å²) in [7, 11) is 0. The molecule has 0 bridgehead atoms. The molecule has 0 saturated heterocycles. The Hall–Kier alpha value is -1.71. The van der Waals surface area contributed by atoms with E-state index < -0.39 is 6.10 Å². The topological polar surface area (TPSA) is 33.1 Å². The third kappa shape index (κ3) is 2.53. The second-order valence-electron chi connectivity index (χ2n) is 4.67. The molecule has 0 aliphatic carbocycles. The summed E-state index contributed by atoms with van der Waals surface area (Å²) in [6, 6.07) is 14.2. The first kappa shape index (κ1) is 12.3. The molecular weight excluding hydrogens is 254 g/mol. The maximum atomic E-state index is 10.4. The van der Waals surface area contributed by atoms with E-state index in [0.29, 0.717) is 6.42 Å². The first-order valence-corrected chi connectivity index (χ1v) is 7.19. The molecule has 0 fully saturated rings. The molecule has 0 spiro atoms. The fourth-order valence-electron chi connectivity index (χ4n) is 2.31.